The topological polar surface area (TPSA) is 84.8 Å². The van der Waals surface area contributed by atoms with Gasteiger partial charge in [-0.25, -0.2) is 18.7 Å². The van der Waals surface area contributed by atoms with E-state index in [4.69, 9.17) is 11.6 Å². The van der Waals surface area contributed by atoms with Crippen LogP contribution in [0.5, 0.6) is 0 Å². The molecular formula is C20H19ClFN3O3S. The first kappa shape index (κ1) is 20.0. The second kappa shape index (κ2) is 8.20. The molecule has 2 heterocycles. The molecule has 29 heavy (non-hydrogen) atoms. The molecule has 1 N–H and O–H groups in total. The Labute approximate surface area is 174 Å². The van der Waals surface area contributed by atoms with Crippen molar-refractivity contribution in [2.24, 2.45) is 5.92 Å². The highest BCUT2D eigenvalue weighted by Crippen LogP contribution is 2.32. The van der Waals surface area contributed by atoms with Crippen molar-refractivity contribution in [1.82, 2.24) is 14.5 Å². The Morgan fingerprint density at radius 3 is 2.79 bits per heavy atom. The van der Waals surface area contributed by atoms with Gasteiger partial charge < -0.3 is 4.98 Å². The summed E-state index contributed by atoms with van der Waals surface area (Å²) in [5.41, 5.74) is -1.07. The van der Waals surface area contributed by atoms with Gasteiger partial charge in [0.25, 0.3) is 5.56 Å². The third kappa shape index (κ3) is 4.18. The molecule has 152 valence electrons. The van der Waals surface area contributed by atoms with Crippen LogP contribution in [-0.2, 0) is 11.2 Å². The number of hydrogen-bond donors (Lipinski definition) is 1. The first-order chi connectivity index (χ1) is 13.9. The van der Waals surface area contributed by atoms with Crippen molar-refractivity contribution >= 4 is 39.6 Å². The molecule has 0 aliphatic heterocycles. The number of carbonyl (C=O) groups is 1. The Bertz CT molecular complexity index is 1180. The molecule has 0 spiro atoms. The van der Waals surface area contributed by atoms with E-state index in [9.17, 15) is 18.8 Å². The summed E-state index contributed by atoms with van der Waals surface area (Å²) < 4.78 is 15.1. The molecule has 0 bridgehead atoms. The zero-order valence-electron chi connectivity index (χ0n) is 15.5. The lowest BCUT2D eigenvalue weighted by atomic mass is 9.94. The number of aromatic nitrogens is 3. The van der Waals surface area contributed by atoms with Crippen molar-refractivity contribution in [1.29, 1.82) is 0 Å². The van der Waals surface area contributed by atoms with Crippen LogP contribution in [0.15, 0.2) is 34.0 Å². The van der Waals surface area contributed by atoms with E-state index < -0.39 is 23.1 Å². The highest BCUT2D eigenvalue weighted by molar-refractivity contribution is 7.15. The number of thiazole rings is 1. The summed E-state index contributed by atoms with van der Waals surface area (Å²) in [5, 5.41) is 0.582. The van der Waals surface area contributed by atoms with Gasteiger partial charge in [0, 0.05) is 0 Å². The molecule has 1 saturated carbocycles. The second-order valence-electron chi connectivity index (χ2n) is 7.40. The minimum absolute atomic E-state index is 0.0121. The second-order valence-corrected chi connectivity index (χ2v) is 9.14. The Kier molecular flexibility index (Phi) is 5.65. The van der Waals surface area contributed by atoms with Gasteiger partial charge in [-0.15, -0.1) is 11.3 Å². The highest BCUT2D eigenvalue weighted by Gasteiger charge is 2.30. The number of nitrogens with zero attached hydrogens (tertiary/aromatic N) is 2. The average molecular weight is 436 g/mol. The maximum atomic E-state index is 13.7. The van der Waals surface area contributed by atoms with E-state index >= 15 is 0 Å². The molecule has 4 rings (SSSR count). The average Bonchev–Trinajstić information content (AvgIpc) is 3.33. The van der Waals surface area contributed by atoms with Crippen LogP contribution in [0.25, 0.3) is 10.9 Å². The van der Waals surface area contributed by atoms with Crippen LogP contribution in [0, 0.1) is 11.7 Å². The minimum Gasteiger partial charge on any atom is -0.307 e. The van der Waals surface area contributed by atoms with Crippen LogP contribution in [-0.4, -0.2) is 20.3 Å². The van der Waals surface area contributed by atoms with Gasteiger partial charge in [-0.2, -0.15) is 0 Å². The Morgan fingerprint density at radius 1 is 1.34 bits per heavy atom. The Balaban J connectivity index is 1.78. The fourth-order valence-electron chi connectivity index (χ4n) is 4.06. The number of carbonyl (C=O) groups excluding carboxylic acids is 1. The molecule has 0 amide bonds. The molecule has 9 heteroatoms. The number of H-pyrrole nitrogens is 1. The van der Waals surface area contributed by atoms with Crippen molar-refractivity contribution in [2.75, 3.05) is 0 Å². The number of aromatic amines is 1. The third-order valence-electron chi connectivity index (χ3n) is 5.46. The lowest BCUT2D eigenvalue weighted by molar-refractivity contribution is -0.122. The lowest BCUT2D eigenvalue weighted by Gasteiger charge is -2.21. The molecule has 6 nitrogen and oxygen atoms in total. The number of Topliss-reactive ketones (excluding diaryl/α,β-unsaturated/α-hetero) is 1. The van der Waals surface area contributed by atoms with Crippen molar-refractivity contribution in [2.45, 2.75) is 44.6 Å². The van der Waals surface area contributed by atoms with E-state index in [0.29, 0.717) is 15.8 Å². The molecule has 1 unspecified atom stereocenters. The molecule has 0 radical (unpaired) electrons. The maximum Gasteiger partial charge on any atom is 0.329 e. The van der Waals surface area contributed by atoms with E-state index in [1.807, 2.05) is 0 Å². The number of ketones is 1. The summed E-state index contributed by atoms with van der Waals surface area (Å²) >= 11 is 7.10. The van der Waals surface area contributed by atoms with Crippen molar-refractivity contribution in [3.8, 4) is 0 Å². The lowest BCUT2D eigenvalue weighted by Crippen LogP contribution is -2.42. The van der Waals surface area contributed by atoms with Crippen LogP contribution in [0.1, 0.15) is 43.2 Å². The molecule has 1 aliphatic rings. The molecule has 1 fully saturated rings. The number of halogens is 2. The third-order valence-corrected chi connectivity index (χ3v) is 6.57. The molecule has 1 aliphatic carbocycles. The van der Waals surface area contributed by atoms with E-state index in [1.165, 1.54) is 29.7 Å². The SMILES string of the molecule is O=C(Cc1ncc(Cl)s1)C(CC1CCCC1)n1c(=O)[nH]c2ccc(F)cc2c1=O. The van der Waals surface area contributed by atoms with Gasteiger partial charge in [0.1, 0.15) is 21.2 Å². The zero-order chi connectivity index (χ0) is 20.5. The summed E-state index contributed by atoms with van der Waals surface area (Å²) in [6.07, 6.45) is 5.93. The Hall–Kier alpha value is -2.32. The monoisotopic (exact) mass is 435 g/mol. The number of fused-ring (bicyclic) bond motifs is 1. The fraction of sp³-hybridized carbons (Fsp3) is 0.400. The van der Waals surface area contributed by atoms with Gasteiger partial charge >= 0.3 is 5.69 Å². The number of rotatable bonds is 6. The molecule has 2 aromatic heterocycles. The van der Waals surface area contributed by atoms with E-state index in [-0.39, 0.29) is 29.0 Å². The normalized spacial score (nSPS) is 15.8. The van der Waals surface area contributed by atoms with Gasteiger partial charge in [-0.1, -0.05) is 37.3 Å². The smallest absolute Gasteiger partial charge is 0.307 e. The van der Waals surface area contributed by atoms with Gasteiger partial charge in [-0.3, -0.25) is 9.59 Å². The molecule has 0 saturated heterocycles. The largest absolute Gasteiger partial charge is 0.329 e. The Morgan fingerprint density at radius 2 is 2.10 bits per heavy atom. The van der Waals surface area contributed by atoms with Crippen molar-refractivity contribution < 1.29 is 9.18 Å². The molecule has 3 aromatic rings. The predicted molar refractivity (Wildman–Crippen MR) is 110 cm³/mol. The van der Waals surface area contributed by atoms with Crippen molar-refractivity contribution in [3.63, 3.8) is 0 Å². The molecule has 1 atom stereocenters. The van der Waals surface area contributed by atoms with Gasteiger partial charge in [-0.05, 0) is 30.5 Å². The minimum atomic E-state index is -0.926. The number of benzene rings is 1. The quantitative estimate of drug-likeness (QED) is 0.636. The van der Waals surface area contributed by atoms with Crippen LogP contribution >= 0.6 is 22.9 Å². The summed E-state index contributed by atoms with van der Waals surface area (Å²) in [5.74, 6) is -0.589. The van der Waals surface area contributed by atoms with E-state index in [1.54, 1.807) is 0 Å². The number of nitrogens with one attached hydrogen (secondary N) is 1. The first-order valence-electron chi connectivity index (χ1n) is 9.49. The standard InChI is InChI=1S/C20H19ClFN3O3S/c21-17-10-23-18(29-17)9-16(26)15(7-11-3-1-2-4-11)25-19(27)13-8-12(22)5-6-14(13)24-20(25)28/h5-6,8,10-11,15H,1-4,7,9H2,(H,24,28). The highest BCUT2D eigenvalue weighted by atomic mass is 35.5. The molecule has 1 aromatic carbocycles. The zero-order valence-corrected chi connectivity index (χ0v) is 17.1. The van der Waals surface area contributed by atoms with Crippen LogP contribution in [0.3, 0.4) is 0 Å². The van der Waals surface area contributed by atoms with Crippen LogP contribution in [0.4, 0.5) is 4.39 Å². The summed E-state index contributed by atoms with van der Waals surface area (Å²) in [4.78, 5) is 45.7. The van der Waals surface area contributed by atoms with Crippen LogP contribution < -0.4 is 11.2 Å². The fourth-order valence-corrected chi connectivity index (χ4v) is 5.03. The molecular weight excluding hydrogens is 417 g/mol. The summed E-state index contributed by atoms with van der Waals surface area (Å²) in [7, 11) is 0. The van der Waals surface area contributed by atoms with Crippen molar-refractivity contribution in [3.05, 3.63) is 60.4 Å². The summed E-state index contributed by atoms with van der Waals surface area (Å²) in [6, 6.07) is 2.69. The van der Waals surface area contributed by atoms with Gasteiger partial charge in [0.15, 0.2) is 5.78 Å². The van der Waals surface area contributed by atoms with E-state index in [0.717, 1.165) is 36.3 Å². The predicted octanol–water partition coefficient (Wildman–Crippen LogP) is 3.87. The van der Waals surface area contributed by atoms with Gasteiger partial charge in [0.2, 0.25) is 0 Å². The van der Waals surface area contributed by atoms with Gasteiger partial charge in [0.05, 0.1) is 23.5 Å². The maximum absolute atomic E-state index is 13.7. The van der Waals surface area contributed by atoms with Crippen LogP contribution in [0.2, 0.25) is 4.34 Å². The van der Waals surface area contributed by atoms with E-state index in [2.05, 4.69) is 9.97 Å². The summed E-state index contributed by atoms with van der Waals surface area (Å²) in [6.45, 7) is 0. The first-order valence-corrected chi connectivity index (χ1v) is 10.7. The number of hydrogen-bond acceptors (Lipinski definition) is 5.